The Balaban J connectivity index is 1.99. The van der Waals surface area contributed by atoms with E-state index in [4.69, 9.17) is 17.3 Å². The van der Waals surface area contributed by atoms with Crippen molar-refractivity contribution in [3.8, 4) is 0 Å². The Morgan fingerprint density at radius 1 is 1.24 bits per heavy atom. The van der Waals surface area contributed by atoms with E-state index in [1.807, 2.05) is 0 Å². The number of carbonyl (C=O) groups is 1. The Bertz CT molecular complexity index is 662. The van der Waals surface area contributed by atoms with Crippen molar-refractivity contribution in [2.75, 3.05) is 16.8 Å². The first kappa shape index (κ1) is 15.6. The molecule has 21 heavy (non-hydrogen) atoms. The fourth-order valence-electron chi connectivity index (χ4n) is 1.59. The van der Waals surface area contributed by atoms with Crippen molar-refractivity contribution in [1.29, 1.82) is 0 Å². The Kier molecular flexibility index (Phi) is 5.03. The molecule has 7 heteroatoms. The zero-order valence-electron chi connectivity index (χ0n) is 10.7. The number of nitrogens with one attached hydrogen (secondary N) is 1. The molecule has 2 aromatic rings. The van der Waals surface area contributed by atoms with E-state index in [-0.39, 0.29) is 5.75 Å². The molecule has 0 aliphatic carbocycles. The summed E-state index contributed by atoms with van der Waals surface area (Å²) in [5.74, 6) is -2.20. The molecule has 2 aromatic carbocycles. The number of halogens is 3. The molecule has 0 unspecified atom stereocenters. The molecule has 0 fully saturated rings. The molecule has 110 valence electrons. The lowest BCUT2D eigenvalue weighted by Gasteiger charge is -2.08. The molecule has 3 N–H and O–H groups in total. The molecule has 0 saturated carbocycles. The van der Waals surface area contributed by atoms with E-state index in [9.17, 15) is 13.6 Å². The number of benzene rings is 2. The first-order valence-corrected chi connectivity index (χ1v) is 7.25. The van der Waals surface area contributed by atoms with Gasteiger partial charge in [0.25, 0.3) is 0 Å². The molecule has 0 bridgehead atoms. The fourth-order valence-corrected chi connectivity index (χ4v) is 2.52. The molecular formula is C14H11ClF2N2OS. The normalized spacial score (nSPS) is 10.4. The average molecular weight is 329 g/mol. The van der Waals surface area contributed by atoms with Crippen LogP contribution >= 0.6 is 23.4 Å². The van der Waals surface area contributed by atoms with Gasteiger partial charge in [0.1, 0.15) is 17.3 Å². The highest BCUT2D eigenvalue weighted by Crippen LogP contribution is 2.28. The smallest absolute Gasteiger partial charge is 0.234 e. The number of carbonyl (C=O) groups excluding carboxylic acids is 1. The van der Waals surface area contributed by atoms with E-state index in [0.717, 1.165) is 23.9 Å². The number of amides is 1. The molecule has 0 heterocycles. The molecule has 0 aromatic heterocycles. The van der Waals surface area contributed by atoms with Crippen LogP contribution < -0.4 is 11.1 Å². The summed E-state index contributed by atoms with van der Waals surface area (Å²) in [5, 5.41) is 2.70. The molecule has 1 amide bonds. The molecular weight excluding hydrogens is 318 g/mol. The van der Waals surface area contributed by atoms with E-state index in [1.165, 1.54) is 6.07 Å². The molecule has 2 rings (SSSR count). The van der Waals surface area contributed by atoms with Gasteiger partial charge in [0.2, 0.25) is 5.91 Å². The Hall–Kier alpha value is -1.79. The van der Waals surface area contributed by atoms with Crippen molar-refractivity contribution in [2.45, 2.75) is 4.90 Å². The first-order valence-electron chi connectivity index (χ1n) is 5.89. The maximum atomic E-state index is 13.4. The monoisotopic (exact) mass is 328 g/mol. The van der Waals surface area contributed by atoms with Crippen LogP contribution in [0.3, 0.4) is 0 Å². The van der Waals surface area contributed by atoms with Gasteiger partial charge < -0.3 is 11.1 Å². The van der Waals surface area contributed by atoms with Gasteiger partial charge in [-0.25, -0.2) is 8.78 Å². The molecule has 0 aliphatic heterocycles. The largest absolute Gasteiger partial charge is 0.398 e. The van der Waals surface area contributed by atoms with Crippen molar-refractivity contribution in [2.24, 2.45) is 0 Å². The summed E-state index contributed by atoms with van der Waals surface area (Å²) in [5.41, 5.74) is 5.74. The van der Waals surface area contributed by atoms with Gasteiger partial charge in [-0.3, -0.25) is 4.79 Å². The van der Waals surface area contributed by atoms with Gasteiger partial charge in [-0.1, -0.05) is 17.7 Å². The van der Waals surface area contributed by atoms with Crippen molar-refractivity contribution in [1.82, 2.24) is 0 Å². The van der Waals surface area contributed by atoms with E-state index < -0.39 is 23.2 Å². The minimum Gasteiger partial charge on any atom is -0.398 e. The van der Waals surface area contributed by atoms with Crippen LogP contribution in [0.1, 0.15) is 0 Å². The third kappa shape index (κ3) is 4.09. The van der Waals surface area contributed by atoms with Gasteiger partial charge in [-0.05, 0) is 30.3 Å². The van der Waals surface area contributed by atoms with Crippen molar-refractivity contribution < 1.29 is 13.6 Å². The van der Waals surface area contributed by atoms with E-state index >= 15 is 0 Å². The Labute approximate surface area is 129 Å². The number of thioether (sulfide) groups is 1. The summed E-state index contributed by atoms with van der Waals surface area (Å²) in [4.78, 5) is 12.4. The fraction of sp³-hybridized carbons (Fsp3) is 0.0714. The number of para-hydroxylation sites is 1. The van der Waals surface area contributed by atoms with Crippen LogP contribution in [0.25, 0.3) is 0 Å². The maximum absolute atomic E-state index is 13.4. The number of hydrogen-bond acceptors (Lipinski definition) is 3. The van der Waals surface area contributed by atoms with Crippen LogP contribution in [-0.2, 0) is 4.79 Å². The second-order valence-electron chi connectivity index (χ2n) is 4.12. The van der Waals surface area contributed by atoms with Gasteiger partial charge in [-0.2, -0.15) is 0 Å². The molecule has 0 saturated heterocycles. The van der Waals surface area contributed by atoms with Gasteiger partial charge in [0.05, 0.1) is 5.75 Å². The number of anilines is 2. The third-order valence-electron chi connectivity index (χ3n) is 2.56. The summed E-state index contributed by atoms with van der Waals surface area (Å²) in [6, 6.07) is 8.27. The number of hydrogen-bond donors (Lipinski definition) is 2. The predicted octanol–water partition coefficient (Wildman–Crippen LogP) is 3.93. The lowest BCUT2D eigenvalue weighted by atomic mass is 10.3. The number of nitrogen functional groups attached to an aromatic ring is 1. The van der Waals surface area contributed by atoms with Crippen LogP contribution in [0.4, 0.5) is 20.2 Å². The SMILES string of the molecule is Nc1cc(Cl)ccc1SCC(=O)Nc1c(F)cccc1F. The predicted molar refractivity (Wildman–Crippen MR) is 81.6 cm³/mol. The van der Waals surface area contributed by atoms with Gasteiger partial charge in [0, 0.05) is 15.6 Å². The second-order valence-corrected chi connectivity index (χ2v) is 5.57. The van der Waals surface area contributed by atoms with E-state index in [0.29, 0.717) is 15.6 Å². The lowest BCUT2D eigenvalue weighted by molar-refractivity contribution is -0.113. The van der Waals surface area contributed by atoms with Crippen LogP contribution in [0.5, 0.6) is 0 Å². The number of nitrogens with two attached hydrogens (primary N) is 1. The topological polar surface area (TPSA) is 55.1 Å². The summed E-state index contributed by atoms with van der Waals surface area (Å²) in [7, 11) is 0. The number of rotatable bonds is 4. The molecule has 0 atom stereocenters. The van der Waals surface area contributed by atoms with Crippen molar-refractivity contribution in [3.63, 3.8) is 0 Å². The Morgan fingerprint density at radius 2 is 1.90 bits per heavy atom. The van der Waals surface area contributed by atoms with Crippen molar-refractivity contribution >= 4 is 40.6 Å². The highest BCUT2D eigenvalue weighted by molar-refractivity contribution is 8.00. The zero-order valence-corrected chi connectivity index (χ0v) is 12.3. The minimum absolute atomic E-state index is 0.0282. The highest BCUT2D eigenvalue weighted by Gasteiger charge is 2.12. The average Bonchev–Trinajstić information content (AvgIpc) is 2.42. The van der Waals surface area contributed by atoms with Gasteiger partial charge >= 0.3 is 0 Å². The molecule has 0 spiro atoms. The third-order valence-corrected chi connectivity index (χ3v) is 3.88. The minimum atomic E-state index is -0.820. The van der Waals surface area contributed by atoms with Gasteiger partial charge in [-0.15, -0.1) is 11.8 Å². The Morgan fingerprint density at radius 3 is 2.52 bits per heavy atom. The van der Waals surface area contributed by atoms with Crippen LogP contribution in [-0.4, -0.2) is 11.7 Å². The second kappa shape index (κ2) is 6.78. The summed E-state index contributed by atoms with van der Waals surface area (Å²) in [6.45, 7) is 0. The van der Waals surface area contributed by atoms with Crippen LogP contribution in [0.15, 0.2) is 41.3 Å². The zero-order chi connectivity index (χ0) is 15.4. The summed E-state index contributed by atoms with van der Waals surface area (Å²) < 4.78 is 26.8. The summed E-state index contributed by atoms with van der Waals surface area (Å²) in [6.07, 6.45) is 0. The van der Waals surface area contributed by atoms with E-state index in [1.54, 1.807) is 18.2 Å². The first-order chi connectivity index (χ1) is 9.97. The van der Waals surface area contributed by atoms with Crippen LogP contribution in [0.2, 0.25) is 5.02 Å². The molecule has 0 aliphatic rings. The van der Waals surface area contributed by atoms with Crippen molar-refractivity contribution in [3.05, 3.63) is 53.1 Å². The molecule has 0 radical (unpaired) electrons. The lowest BCUT2D eigenvalue weighted by Crippen LogP contribution is -2.16. The standard InChI is InChI=1S/C14H11ClF2N2OS/c15-8-4-5-12(11(18)6-8)21-7-13(20)19-14-9(16)2-1-3-10(14)17/h1-6H,7,18H2,(H,19,20). The van der Waals surface area contributed by atoms with Crippen LogP contribution in [0, 0.1) is 11.6 Å². The highest BCUT2D eigenvalue weighted by atomic mass is 35.5. The van der Waals surface area contributed by atoms with E-state index in [2.05, 4.69) is 5.32 Å². The maximum Gasteiger partial charge on any atom is 0.234 e. The van der Waals surface area contributed by atoms with Gasteiger partial charge in [0.15, 0.2) is 0 Å². The quantitative estimate of drug-likeness (QED) is 0.660. The summed E-state index contributed by atoms with van der Waals surface area (Å²) >= 11 is 6.92. The molecule has 3 nitrogen and oxygen atoms in total.